The minimum Gasteiger partial charge on any atom is -0.319 e. The lowest BCUT2D eigenvalue weighted by atomic mass is 10.0. The Bertz CT molecular complexity index is 1250. The second kappa shape index (κ2) is 6.67. The molecule has 27 heavy (non-hydrogen) atoms. The Labute approximate surface area is 166 Å². The fourth-order valence-electron chi connectivity index (χ4n) is 3.66. The van der Waals surface area contributed by atoms with Crippen molar-refractivity contribution in [3.05, 3.63) is 101 Å². The Morgan fingerprint density at radius 2 is 1.48 bits per heavy atom. The number of rotatable bonds is 3. The summed E-state index contributed by atoms with van der Waals surface area (Å²) >= 11 is 3.52. The van der Waals surface area contributed by atoms with Gasteiger partial charge in [-0.3, -0.25) is 0 Å². The lowest BCUT2D eigenvalue weighted by Crippen LogP contribution is -2.03. The fourth-order valence-corrected chi connectivity index (χ4v) is 3.92. The maximum Gasteiger partial charge on any atom is 0.141 e. The van der Waals surface area contributed by atoms with Crippen molar-refractivity contribution in [2.45, 2.75) is 6.54 Å². The van der Waals surface area contributed by atoms with Crippen LogP contribution in [0, 0.1) is 0 Å². The van der Waals surface area contributed by atoms with Gasteiger partial charge in [0.05, 0.1) is 17.6 Å². The SMILES string of the molecule is Brc1ccc(-c2nc3ccccc3n2Cc2cccc3ccccc23)cc1. The minimum absolute atomic E-state index is 0.785. The zero-order valence-corrected chi connectivity index (χ0v) is 16.2. The maximum atomic E-state index is 4.94. The van der Waals surface area contributed by atoms with Gasteiger partial charge in [0.15, 0.2) is 0 Å². The summed E-state index contributed by atoms with van der Waals surface area (Å²) < 4.78 is 3.39. The van der Waals surface area contributed by atoms with Gasteiger partial charge in [-0.05, 0) is 40.6 Å². The zero-order valence-electron chi connectivity index (χ0n) is 14.6. The first-order valence-electron chi connectivity index (χ1n) is 8.97. The molecule has 2 nitrogen and oxygen atoms in total. The Morgan fingerprint density at radius 1 is 0.741 bits per heavy atom. The summed E-state index contributed by atoms with van der Waals surface area (Å²) in [4.78, 5) is 4.94. The van der Waals surface area contributed by atoms with Crippen LogP contribution < -0.4 is 0 Å². The molecule has 0 amide bonds. The molecule has 3 heteroatoms. The molecule has 0 atom stereocenters. The number of benzene rings is 4. The second-order valence-electron chi connectivity index (χ2n) is 6.66. The van der Waals surface area contributed by atoms with E-state index in [2.05, 4.69) is 105 Å². The van der Waals surface area contributed by atoms with Crippen molar-refractivity contribution in [1.82, 2.24) is 9.55 Å². The van der Waals surface area contributed by atoms with E-state index < -0.39 is 0 Å². The van der Waals surface area contributed by atoms with Crippen LogP contribution >= 0.6 is 15.9 Å². The molecule has 1 heterocycles. The summed E-state index contributed by atoms with van der Waals surface area (Å²) in [5, 5.41) is 2.56. The number of hydrogen-bond donors (Lipinski definition) is 0. The van der Waals surface area contributed by atoms with Crippen LogP contribution in [0.1, 0.15) is 5.56 Å². The van der Waals surface area contributed by atoms with Crippen LogP contribution in [0.5, 0.6) is 0 Å². The van der Waals surface area contributed by atoms with Crippen LogP contribution in [-0.2, 0) is 6.54 Å². The Kier molecular flexibility index (Phi) is 4.02. The van der Waals surface area contributed by atoms with Crippen LogP contribution in [0.15, 0.2) is 95.5 Å². The minimum atomic E-state index is 0.785. The first-order chi connectivity index (χ1) is 13.3. The summed E-state index contributed by atoms with van der Waals surface area (Å²) in [5.41, 5.74) is 4.60. The van der Waals surface area contributed by atoms with Crippen LogP contribution in [0.4, 0.5) is 0 Å². The van der Waals surface area contributed by atoms with Gasteiger partial charge in [-0.1, -0.05) is 82.7 Å². The number of para-hydroxylation sites is 2. The summed E-state index contributed by atoms with van der Waals surface area (Å²) in [5.74, 6) is 0.997. The van der Waals surface area contributed by atoms with Gasteiger partial charge in [0, 0.05) is 10.0 Å². The fraction of sp³-hybridized carbons (Fsp3) is 0.0417. The maximum absolute atomic E-state index is 4.94. The number of hydrogen-bond acceptors (Lipinski definition) is 1. The molecule has 0 N–H and O–H groups in total. The van der Waals surface area contributed by atoms with Crippen molar-refractivity contribution in [1.29, 1.82) is 0 Å². The van der Waals surface area contributed by atoms with E-state index in [1.165, 1.54) is 16.3 Å². The van der Waals surface area contributed by atoms with Crippen LogP contribution in [0.3, 0.4) is 0 Å². The van der Waals surface area contributed by atoms with Crippen LogP contribution in [0.2, 0.25) is 0 Å². The lowest BCUT2D eigenvalue weighted by Gasteiger charge is -2.12. The van der Waals surface area contributed by atoms with E-state index in [1.807, 2.05) is 6.07 Å². The second-order valence-corrected chi connectivity index (χ2v) is 7.57. The number of nitrogens with zero attached hydrogens (tertiary/aromatic N) is 2. The smallest absolute Gasteiger partial charge is 0.141 e. The summed E-state index contributed by atoms with van der Waals surface area (Å²) in [7, 11) is 0. The third-order valence-electron chi connectivity index (χ3n) is 4.97. The van der Waals surface area contributed by atoms with Crippen molar-refractivity contribution in [2.24, 2.45) is 0 Å². The molecule has 5 aromatic rings. The summed E-state index contributed by atoms with van der Waals surface area (Å²) in [6.07, 6.45) is 0. The molecule has 0 saturated heterocycles. The Balaban J connectivity index is 1.72. The molecule has 5 rings (SSSR count). The molecule has 0 aliphatic rings. The van der Waals surface area contributed by atoms with Gasteiger partial charge in [-0.2, -0.15) is 0 Å². The molecule has 130 valence electrons. The Morgan fingerprint density at radius 3 is 2.37 bits per heavy atom. The van der Waals surface area contributed by atoms with Gasteiger partial charge < -0.3 is 4.57 Å². The quantitative estimate of drug-likeness (QED) is 0.323. The first-order valence-corrected chi connectivity index (χ1v) is 9.77. The molecular weight excluding hydrogens is 396 g/mol. The molecule has 0 saturated carbocycles. The molecule has 0 bridgehead atoms. The predicted molar refractivity (Wildman–Crippen MR) is 116 cm³/mol. The van der Waals surface area contributed by atoms with E-state index in [4.69, 9.17) is 4.98 Å². The molecule has 0 aliphatic carbocycles. The zero-order chi connectivity index (χ0) is 18.2. The molecule has 0 aliphatic heterocycles. The van der Waals surface area contributed by atoms with Crippen molar-refractivity contribution >= 4 is 37.7 Å². The highest BCUT2D eigenvalue weighted by atomic mass is 79.9. The van der Waals surface area contributed by atoms with Crippen molar-refractivity contribution in [3.8, 4) is 11.4 Å². The highest BCUT2D eigenvalue weighted by Crippen LogP contribution is 2.28. The average Bonchev–Trinajstić information content (AvgIpc) is 3.07. The molecule has 0 radical (unpaired) electrons. The molecule has 0 unspecified atom stereocenters. The monoisotopic (exact) mass is 412 g/mol. The van der Waals surface area contributed by atoms with Crippen molar-refractivity contribution < 1.29 is 0 Å². The van der Waals surface area contributed by atoms with E-state index in [0.29, 0.717) is 0 Å². The van der Waals surface area contributed by atoms with Crippen molar-refractivity contribution in [3.63, 3.8) is 0 Å². The number of halogens is 1. The van der Waals surface area contributed by atoms with E-state index in [-0.39, 0.29) is 0 Å². The van der Waals surface area contributed by atoms with Crippen molar-refractivity contribution in [2.75, 3.05) is 0 Å². The lowest BCUT2D eigenvalue weighted by molar-refractivity contribution is 0.840. The predicted octanol–water partition coefficient (Wildman–Crippen LogP) is 6.67. The van der Waals surface area contributed by atoms with Gasteiger partial charge in [0.2, 0.25) is 0 Å². The van der Waals surface area contributed by atoms with Gasteiger partial charge in [0.25, 0.3) is 0 Å². The molecule has 0 fully saturated rings. The number of imidazole rings is 1. The summed E-state index contributed by atoms with van der Waals surface area (Å²) in [6.45, 7) is 0.785. The van der Waals surface area contributed by atoms with Gasteiger partial charge >= 0.3 is 0 Å². The standard InChI is InChI=1S/C24H17BrN2/c25-20-14-12-18(13-15-20)24-26-22-10-3-4-11-23(22)27(24)16-19-8-5-7-17-6-1-2-9-21(17)19/h1-15H,16H2. The number of fused-ring (bicyclic) bond motifs is 2. The first kappa shape index (κ1) is 16.3. The average molecular weight is 413 g/mol. The molecule has 4 aromatic carbocycles. The molecule has 1 aromatic heterocycles. The molecule has 0 spiro atoms. The van der Waals surface area contributed by atoms with Crippen LogP contribution in [0.25, 0.3) is 33.2 Å². The summed E-state index contributed by atoms with van der Waals surface area (Å²) in [6, 6.07) is 31.8. The largest absolute Gasteiger partial charge is 0.319 e. The van der Waals surface area contributed by atoms with E-state index >= 15 is 0 Å². The molecular formula is C24H17BrN2. The third-order valence-corrected chi connectivity index (χ3v) is 5.49. The van der Waals surface area contributed by atoms with E-state index in [0.717, 1.165) is 33.4 Å². The van der Waals surface area contributed by atoms with Gasteiger partial charge in [-0.15, -0.1) is 0 Å². The van der Waals surface area contributed by atoms with Gasteiger partial charge in [0.1, 0.15) is 5.82 Å². The van der Waals surface area contributed by atoms with E-state index in [1.54, 1.807) is 0 Å². The normalized spacial score (nSPS) is 11.3. The van der Waals surface area contributed by atoms with E-state index in [9.17, 15) is 0 Å². The third kappa shape index (κ3) is 2.94. The highest BCUT2D eigenvalue weighted by molar-refractivity contribution is 9.10. The topological polar surface area (TPSA) is 17.8 Å². The highest BCUT2D eigenvalue weighted by Gasteiger charge is 2.13. The van der Waals surface area contributed by atoms with Crippen LogP contribution in [-0.4, -0.2) is 9.55 Å². The number of aromatic nitrogens is 2. The Hall–Kier alpha value is -2.91. The van der Waals surface area contributed by atoms with Gasteiger partial charge in [-0.25, -0.2) is 4.98 Å².